The van der Waals surface area contributed by atoms with Crippen molar-refractivity contribution in [3.8, 4) is 5.75 Å². The first-order valence-corrected chi connectivity index (χ1v) is 5.48. The van der Waals surface area contributed by atoms with Gasteiger partial charge >= 0.3 is 0 Å². The minimum absolute atomic E-state index is 0.673. The van der Waals surface area contributed by atoms with E-state index in [9.17, 15) is 0 Å². The zero-order chi connectivity index (χ0) is 10.7. The van der Waals surface area contributed by atoms with Crippen LogP contribution in [0.4, 0.5) is 5.69 Å². The summed E-state index contributed by atoms with van der Waals surface area (Å²) >= 11 is 1.65. The molecule has 1 heterocycles. The van der Waals surface area contributed by atoms with Crippen LogP contribution in [0.25, 0.3) is 0 Å². The van der Waals surface area contributed by atoms with Gasteiger partial charge in [-0.1, -0.05) is 6.07 Å². The molecule has 0 fully saturated rings. The maximum absolute atomic E-state index is 5.82. The van der Waals surface area contributed by atoms with Gasteiger partial charge in [-0.05, 0) is 17.7 Å². The lowest BCUT2D eigenvalue weighted by Crippen LogP contribution is -1.94. The summed E-state index contributed by atoms with van der Waals surface area (Å²) in [6.07, 6.45) is 2.64. The number of rotatable bonds is 3. The number of thiazole rings is 1. The van der Waals surface area contributed by atoms with E-state index >= 15 is 0 Å². The topological polar surface area (TPSA) is 48.1 Å². The van der Waals surface area contributed by atoms with Crippen molar-refractivity contribution < 1.29 is 4.74 Å². The fraction of sp³-hybridized carbons (Fsp3) is 0.182. The molecule has 4 heteroatoms. The van der Waals surface area contributed by atoms with Gasteiger partial charge in [0.05, 0.1) is 17.8 Å². The van der Waals surface area contributed by atoms with Crippen molar-refractivity contribution in [1.29, 1.82) is 0 Å². The van der Waals surface area contributed by atoms with Crippen molar-refractivity contribution in [3.05, 3.63) is 40.3 Å². The number of nitrogens with zero attached hydrogens (tertiary/aromatic N) is 1. The average Bonchev–Trinajstić information content (AvgIpc) is 2.71. The number of aromatic nitrogens is 1. The SMILES string of the molecule is COc1ccc(Cc2nccs2)cc1N. The van der Waals surface area contributed by atoms with E-state index in [0.29, 0.717) is 5.69 Å². The Balaban J connectivity index is 2.20. The molecule has 0 radical (unpaired) electrons. The Morgan fingerprint density at radius 2 is 2.33 bits per heavy atom. The number of benzene rings is 1. The molecule has 3 nitrogen and oxygen atoms in total. The predicted octanol–water partition coefficient (Wildman–Crippen LogP) is 2.32. The van der Waals surface area contributed by atoms with E-state index in [1.807, 2.05) is 29.8 Å². The normalized spacial score (nSPS) is 10.2. The molecule has 0 spiro atoms. The number of methoxy groups -OCH3 is 1. The van der Waals surface area contributed by atoms with E-state index in [4.69, 9.17) is 10.5 Å². The van der Waals surface area contributed by atoms with Crippen LogP contribution in [-0.2, 0) is 6.42 Å². The first-order valence-electron chi connectivity index (χ1n) is 4.60. The first-order chi connectivity index (χ1) is 7.29. The number of nitrogen functional groups attached to an aromatic ring is 1. The Bertz CT molecular complexity index is 440. The summed E-state index contributed by atoms with van der Waals surface area (Å²) in [6, 6.07) is 5.83. The Labute approximate surface area is 92.5 Å². The summed E-state index contributed by atoms with van der Waals surface area (Å²) in [5, 5.41) is 3.07. The van der Waals surface area contributed by atoms with Gasteiger partial charge in [-0.25, -0.2) is 4.98 Å². The monoisotopic (exact) mass is 220 g/mol. The molecule has 0 bridgehead atoms. The lowest BCUT2D eigenvalue weighted by molar-refractivity contribution is 0.417. The van der Waals surface area contributed by atoms with Gasteiger partial charge in [0.15, 0.2) is 0 Å². The third-order valence-corrected chi connectivity index (χ3v) is 2.91. The summed E-state index contributed by atoms with van der Waals surface area (Å²) in [4.78, 5) is 4.23. The van der Waals surface area contributed by atoms with Crippen LogP contribution < -0.4 is 10.5 Å². The molecule has 0 unspecified atom stereocenters. The molecule has 1 aromatic carbocycles. The van der Waals surface area contributed by atoms with Crippen molar-refractivity contribution in [2.24, 2.45) is 0 Å². The predicted molar refractivity (Wildman–Crippen MR) is 62.3 cm³/mol. The summed E-state index contributed by atoms with van der Waals surface area (Å²) in [6.45, 7) is 0. The van der Waals surface area contributed by atoms with Crippen LogP contribution in [0.1, 0.15) is 10.6 Å². The van der Waals surface area contributed by atoms with Crippen molar-refractivity contribution in [3.63, 3.8) is 0 Å². The van der Waals surface area contributed by atoms with Gasteiger partial charge in [0.25, 0.3) is 0 Å². The number of hydrogen-bond acceptors (Lipinski definition) is 4. The summed E-state index contributed by atoms with van der Waals surface area (Å²) in [5.41, 5.74) is 7.65. The standard InChI is InChI=1S/C11H12N2OS/c1-14-10-3-2-8(6-9(10)12)7-11-13-4-5-15-11/h2-6H,7,12H2,1H3. The van der Waals surface area contributed by atoms with E-state index in [1.54, 1.807) is 18.4 Å². The van der Waals surface area contributed by atoms with Crippen molar-refractivity contribution in [1.82, 2.24) is 4.98 Å². The highest BCUT2D eigenvalue weighted by Crippen LogP contribution is 2.23. The molecule has 0 atom stereocenters. The Kier molecular flexibility index (Phi) is 2.87. The molecular weight excluding hydrogens is 208 g/mol. The Morgan fingerprint density at radius 1 is 1.47 bits per heavy atom. The van der Waals surface area contributed by atoms with Gasteiger partial charge in [-0.15, -0.1) is 11.3 Å². The molecule has 0 amide bonds. The molecule has 2 N–H and O–H groups in total. The summed E-state index contributed by atoms with van der Waals surface area (Å²) in [7, 11) is 1.62. The van der Waals surface area contributed by atoms with Crippen LogP contribution in [0.5, 0.6) is 5.75 Å². The van der Waals surface area contributed by atoms with E-state index in [-0.39, 0.29) is 0 Å². The van der Waals surface area contributed by atoms with Crippen LogP contribution in [0, 0.1) is 0 Å². The number of ether oxygens (including phenoxy) is 1. The molecule has 2 rings (SSSR count). The van der Waals surface area contributed by atoms with Crippen molar-refractivity contribution >= 4 is 17.0 Å². The van der Waals surface area contributed by atoms with Crippen LogP contribution in [0.2, 0.25) is 0 Å². The summed E-state index contributed by atoms with van der Waals surface area (Å²) in [5.74, 6) is 0.720. The average molecular weight is 220 g/mol. The largest absolute Gasteiger partial charge is 0.495 e. The summed E-state index contributed by atoms with van der Waals surface area (Å²) < 4.78 is 5.10. The second-order valence-corrected chi connectivity index (χ2v) is 4.16. The lowest BCUT2D eigenvalue weighted by atomic mass is 10.1. The van der Waals surface area contributed by atoms with Crippen molar-refractivity contribution in [2.45, 2.75) is 6.42 Å². The van der Waals surface area contributed by atoms with Gasteiger partial charge in [-0.3, -0.25) is 0 Å². The second-order valence-electron chi connectivity index (χ2n) is 3.18. The highest BCUT2D eigenvalue weighted by molar-refractivity contribution is 7.09. The molecule has 0 saturated heterocycles. The zero-order valence-electron chi connectivity index (χ0n) is 8.43. The van der Waals surface area contributed by atoms with Crippen LogP contribution in [0.3, 0.4) is 0 Å². The fourth-order valence-electron chi connectivity index (χ4n) is 1.41. The molecule has 2 aromatic rings. The number of nitrogens with two attached hydrogens (primary N) is 1. The fourth-order valence-corrected chi connectivity index (χ4v) is 2.06. The maximum atomic E-state index is 5.82. The maximum Gasteiger partial charge on any atom is 0.141 e. The molecule has 15 heavy (non-hydrogen) atoms. The van der Waals surface area contributed by atoms with Gasteiger partial charge in [0.2, 0.25) is 0 Å². The zero-order valence-corrected chi connectivity index (χ0v) is 9.25. The third kappa shape index (κ3) is 2.27. The molecule has 0 aliphatic carbocycles. The molecule has 0 aliphatic heterocycles. The molecule has 78 valence electrons. The first kappa shape index (κ1) is 9.98. The van der Waals surface area contributed by atoms with Crippen LogP contribution in [0.15, 0.2) is 29.8 Å². The minimum atomic E-state index is 0.673. The molecule has 0 aliphatic rings. The van der Waals surface area contributed by atoms with Gasteiger partial charge in [0, 0.05) is 18.0 Å². The minimum Gasteiger partial charge on any atom is -0.495 e. The van der Waals surface area contributed by atoms with Crippen LogP contribution in [-0.4, -0.2) is 12.1 Å². The lowest BCUT2D eigenvalue weighted by Gasteiger charge is -2.05. The number of hydrogen-bond donors (Lipinski definition) is 1. The number of anilines is 1. The molecule has 0 saturated carbocycles. The quantitative estimate of drug-likeness (QED) is 0.807. The van der Waals surface area contributed by atoms with Gasteiger partial charge < -0.3 is 10.5 Å². The van der Waals surface area contributed by atoms with E-state index in [1.165, 1.54) is 0 Å². The van der Waals surface area contributed by atoms with E-state index in [0.717, 1.165) is 22.7 Å². The second kappa shape index (κ2) is 4.31. The van der Waals surface area contributed by atoms with Gasteiger partial charge in [0.1, 0.15) is 5.75 Å². The van der Waals surface area contributed by atoms with E-state index in [2.05, 4.69) is 4.98 Å². The molecule has 1 aromatic heterocycles. The Morgan fingerprint density at radius 3 is 2.93 bits per heavy atom. The van der Waals surface area contributed by atoms with E-state index < -0.39 is 0 Å². The van der Waals surface area contributed by atoms with Gasteiger partial charge in [-0.2, -0.15) is 0 Å². The highest BCUT2D eigenvalue weighted by Gasteiger charge is 2.02. The highest BCUT2D eigenvalue weighted by atomic mass is 32.1. The van der Waals surface area contributed by atoms with Crippen molar-refractivity contribution in [2.75, 3.05) is 12.8 Å². The third-order valence-electron chi connectivity index (χ3n) is 2.13. The molecular formula is C11H12N2OS. The Hall–Kier alpha value is -1.55. The van der Waals surface area contributed by atoms with Crippen LogP contribution >= 0.6 is 11.3 Å². The smallest absolute Gasteiger partial charge is 0.141 e.